The molecule has 2 aromatic rings. The minimum Gasteiger partial charge on any atom is -0.507 e. The zero-order chi connectivity index (χ0) is 21.6. The van der Waals surface area contributed by atoms with Gasteiger partial charge in [-0.2, -0.15) is 5.10 Å². The number of carbonyl (C=O) groups is 1. The first-order chi connectivity index (χ1) is 13.7. The predicted molar refractivity (Wildman–Crippen MR) is 103 cm³/mol. The number of nitrogens with zero attached hydrogens (tertiary/aromatic N) is 3. The lowest BCUT2D eigenvalue weighted by molar-refractivity contribution is -0.394. The fourth-order valence-electron chi connectivity index (χ4n) is 2.08. The van der Waals surface area contributed by atoms with Crippen LogP contribution in [0.5, 0.6) is 17.2 Å². The smallest absolute Gasteiger partial charge is 0.321 e. The summed E-state index contributed by atoms with van der Waals surface area (Å²) in [7, 11) is 1.14. The summed E-state index contributed by atoms with van der Waals surface area (Å²) in [5, 5.41) is 35.4. The molecule has 2 rings (SSSR count). The van der Waals surface area contributed by atoms with Crippen LogP contribution < -0.4 is 14.9 Å². The summed E-state index contributed by atoms with van der Waals surface area (Å²) in [4.78, 5) is 32.2. The maximum Gasteiger partial charge on any atom is 0.321 e. The summed E-state index contributed by atoms with van der Waals surface area (Å²) in [6.07, 6.45) is 1.19. The lowest BCUT2D eigenvalue weighted by atomic mass is 10.2. The molecular weight excluding hydrogens is 456 g/mol. The van der Waals surface area contributed by atoms with Crippen molar-refractivity contribution in [1.82, 2.24) is 5.43 Å². The van der Waals surface area contributed by atoms with E-state index in [1.165, 1.54) is 12.3 Å². The maximum atomic E-state index is 11.9. The van der Waals surface area contributed by atoms with Gasteiger partial charge < -0.3 is 14.6 Å². The van der Waals surface area contributed by atoms with E-state index < -0.39 is 39.5 Å². The average molecular weight is 469 g/mol. The van der Waals surface area contributed by atoms with Gasteiger partial charge in [-0.25, -0.2) is 5.43 Å². The number of aromatic hydroxyl groups is 1. The summed E-state index contributed by atoms with van der Waals surface area (Å²) in [6, 6.07) is 6.24. The topological polar surface area (TPSA) is 166 Å². The van der Waals surface area contributed by atoms with Gasteiger partial charge in [0.1, 0.15) is 5.75 Å². The summed E-state index contributed by atoms with van der Waals surface area (Å²) in [6.45, 7) is -0.684. The van der Waals surface area contributed by atoms with Crippen molar-refractivity contribution in [1.29, 1.82) is 0 Å². The first-order valence-electron chi connectivity index (χ1n) is 7.67. The lowest BCUT2D eigenvalue weighted by Gasteiger charge is -2.10. The number of nitro benzene ring substituents is 2. The Morgan fingerprint density at radius 1 is 1.28 bits per heavy atom. The van der Waals surface area contributed by atoms with Crippen LogP contribution in [0.25, 0.3) is 0 Å². The third-order valence-electron chi connectivity index (χ3n) is 3.38. The van der Waals surface area contributed by atoms with Crippen molar-refractivity contribution < 1.29 is 29.2 Å². The van der Waals surface area contributed by atoms with E-state index in [4.69, 9.17) is 9.47 Å². The van der Waals surface area contributed by atoms with Crippen LogP contribution in [0.4, 0.5) is 11.4 Å². The lowest BCUT2D eigenvalue weighted by Crippen LogP contribution is -2.25. The molecule has 0 spiro atoms. The van der Waals surface area contributed by atoms with E-state index in [9.17, 15) is 30.1 Å². The summed E-state index contributed by atoms with van der Waals surface area (Å²) in [5.74, 6) is -1.55. The molecule has 13 heteroatoms. The molecule has 0 atom stereocenters. The number of phenols is 1. The number of nitro groups is 2. The van der Waals surface area contributed by atoms with Gasteiger partial charge in [-0.15, -0.1) is 0 Å². The van der Waals surface area contributed by atoms with E-state index in [1.807, 2.05) is 0 Å². The largest absolute Gasteiger partial charge is 0.507 e. The van der Waals surface area contributed by atoms with Crippen molar-refractivity contribution in [3.8, 4) is 17.2 Å². The number of nitrogens with one attached hydrogen (secondary N) is 1. The van der Waals surface area contributed by atoms with Crippen LogP contribution in [-0.2, 0) is 4.79 Å². The number of halogens is 1. The highest BCUT2D eigenvalue weighted by molar-refractivity contribution is 9.10. The SMILES string of the molecule is COc1cc([N+](=O)[O-])cc([N+](=O)[O-])c1OCC(=O)N/N=C/c1cc(Br)ccc1O. The molecule has 0 saturated carbocycles. The summed E-state index contributed by atoms with van der Waals surface area (Å²) >= 11 is 3.22. The number of benzene rings is 2. The van der Waals surface area contributed by atoms with Crippen LogP contribution in [-0.4, -0.2) is 40.8 Å². The molecule has 0 unspecified atom stereocenters. The monoisotopic (exact) mass is 468 g/mol. The van der Waals surface area contributed by atoms with Gasteiger partial charge in [-0.1, -0.05) is 15.9 Å². The van der Waals surface area contributed by atoms with Gasteiger partial charge in [0.2, 0.25) is 5.75 Å². The van der Waals surface area contributed by atoms with Crippen LogP contribution in [0.15, 0.2) is 39.9 Å². The normalized spacial score (nSPS) is 10.6. The molecule has 0 fully saturated rings. The highest BCUT2D eigenvalue weighted by Gasteiger charge is 2.27. The molecule has 29 heavy (non-hydrogen) atoms. The number of hydrogen-bond donors (Lipinski definition) is 2. The Balaban J connectivity index is 2.11. The number of carbonyl (C=O) groups excluding carboxylic acids is 1. The minimum atomic E-state index is -0.892. The first-order valence-corrected chi connectivity index (χ1v) is 8.46. The highest BCUT2D eigenvalue weighted by atomic mass is 79.9. The molecule has 0 saturated heterocycles. The molecule has 0 aromatic heterocycles. The number of methoxy groups -OCH3 is 1. The first kappa shape index (κ1) is 21.6. The number of rotatable bonds is 8. The molecule has 0 heterocycles. The molecule has 0 bridgehead atoms. The van der Waals surface area contributed by atoms with Crippen LogP contribution in [0.2, 0.25) is 0 Å². The fourth-order valence-corrected chi connectivity index (χ4v) is 2.46. The average Bonchev–Trinajstić information content (AvgIpc) is 2.68. The van der Waals surface area contributed by atoms with Crippen molar-refractivity contribution in [2.24, 2.45) is 5.10 Å². The molecule has 0 aliphatic rings. The number of hydrazone groups is 1. The van der Waals surface area contributed by atoms with Gasteiger partial charge in [0.05, 0.1) is 35.3 Å². The van der Waals surface area contributed by atoms with E-state index in [-0.39, 0.29) is 11.5 Å². The van der Waals surface area contributed by atoms with E-state index in [1.54, 1.807) is 12.1 Å². The Morgan fingerprint density at radius 3 is 2.62 bits per heavy atom. The molecule has 0 aliphatic carbocycles. The minimum absolute atomic E-state index is 0.0614. The molecular formula is C16H13BrN4O8. The summed E-state index contributed by atoms with van der Waals surface area (Å²) < 4.78 is 10.7. The number of amides is 1. The third-order valence-corrected chi connectivity index (χ3v) is 3.87. The predicted octanol–water partition coefficient (Wildman–Crippen LogP) is 2.51. The zero-order valence-corrected chi connectivity index (χ0v) is 16.3. The van der Waals surface area contributed by atoms with Gasteiger partial charge >= 0.3 is 5.69 Å². The molecule has 1 amide bonds. The molecule has 152 valence electrons. The van der Waals surface area contributed by atoms with Gasteiger partial charge in [0, 0.05) is 10.0 Å². The number of hydrogen-bond acceptors (Lipinski definition) is 9. The molecule has 0 aliphatic heterocycles. The van der Waals surface area contributed by atoms with Crippen LogP contribution in [0, 0.1) is 20.2 Å². The summed E-state index contributed by atoms with van der Waals surface area (Å²) in [5.41, 5.74) is 1.16. The standard InChI is InChI=1S/C16H13BrN4O8/c1-28-14-6-11(20(24)25)5-12(21(26)27)16(14)29-8-15(23)19-18-7-9-4-10(17)2-3-13(9)22/h2-7,22H,8H2,1H3,(H,19,23)/b18-7+. The van der Waals surface area contributed by atoms with Crippen LogP contribution in [0.1, 0.15) is 5.56 Å². The zero-order valence-electron chi connectivity index (χ0n) is 14.7. The highest BCUT2D eigenvalue weighted by Crippen LogP contribution is 2.40. The quantitative estimate of drug-likeness (QED) is 0.338. The van der Waals surface area contributed by atoms with Gasteiger partial charge in [0.25, 0.3) is 11.6 Å². The van der Waals surface area contributed by atoms with Crippen molar-refractivity contribution in [2.75, 3.05) is 13.7 Å². The van der Waals surface area contributed by atoms with Crippen molar-refractivity contribution >= 4 is 39.4 Å². The van der Waals surface area contributed by atoms with E-state index in [0.717, 1.165) is 13.2 Å². The Labute approximate surface area is 171 Å². The third kappa shape index (κ3) is 5.62. The number of non-ortho nitro benzene ring substituents is 1. The second kappa shape index (κ2) is 9.45. The maximum absolute atomic E-state index is 11.9. The van der Waals surface area contributed by atoms with E-state index in [2.05, 4.69) is 26.5 Å². The van der Waals surface area contributed by atoms with Gasteiger partial charge in [0.15, 0.2) is 12.4 Å². The number of ether oxygens (including phenoxy) is 2. The van der Waals surface area contributed by atoms with Gasteiger partial charge in [-0.3, -0.25) is 25.0 Å². The second-order valence-electron chi connectivity index (χ2n) is 5.30. The molecule has 2 N–H and O–H groups in total. The Bertz CT molecular complexity index is 995. The van der Waals surface area contributed by atoms with Crippen LogP contribution >= 0.6 is 15.9 Å². The van der Waals surface area contributed by atoms with Crippen LogP contribution in [0.3, 0.4) is 0 Å². The van der Waals surface area contributed by atoms with Gasteiger partial charge in [-0.05, 0) is 18.2 Å². The Kier molecular flexibility index (Phi) is 7.03. The van der Waals surface area contributed by atoms with E-state index >= 15 is 0 Å². The Hall–Kier alpha value is -3.74. The van der Waals surface area contributed by atoms with E-state index in [0.29, 0.717) is 16.1 Å². The van der Waals surface area contributed by atoms with Crippen molar-refractivity contribution in [2.45, 2.75) is 0 Å². The number of phenolic OH excluding ortho intramolecular Hbond substituents is 1. The molecule has 2 aromatic carbocycles. The van der Waals surface area contributed by atoms with Crippen molar-refractivity contribution in [3.05, 3.63) is 60.6 Å². The fraction of sp³-hybridized carbons (Fsp3) is 0.125. The molecule has 12 nitrogen and oxygen atoms in total. The Morgan fingerprint density at radius 2 is 2.00 bits per heavy atom. The molecule has 0 radical (unpaired) electrons. The van der Waals surface area contributed by atoms with Crippen molar-refractivity contribution in [3.63, 3.8) is 0 Å². The second-order valence-corrected chi connectivity index (χ2v) is 6.21.